The SMILES string of the molecule is CC1CC2CC(COC3CCC4OC4C3)CC(COC3CC4CC(C3)O4)(C1)C2. The maximum atomic E-state index is 6.57. The first-order valence-corrected chi connectivity index (χ1v) is 12.2. The van der Waals surface area contributed by atoms with Gasteiger partial charge in [-0.3, -0.25) is 0 Å². The minimum Gasteiger partial charge on any atom is -0.378 e. The van der Waals surface area contributed by atoms with Crippen molar-refractivity contribution in [3.8, 4) is 0 Å². The average molecular weight is 391 g/mol. The molecule has 4 bridgehead atoms. The Morgan fingerprint density at radius 1 is 0.786 bits per heavy atom. The van der Waals surface area contributed by atoms with Gasteiger partial charge < -0.3 is 18.9 Å². The zero-order valence-electron chi connectivity index (χ0n) is 17.5. The molecule has 7 aliphatic rings. The zero-order chi connectivity index (χ0) is 18.7. The lowest BCUT2D eigenvalue weighted by Gasteiger charge is -2.52. The van der Waals surface area contributed by atoms with E-state index in [2.05, 4.69) is 6.92 Å². The van der Waals surface area contributed by atoms with Gasteiger partial charge in [-0.2, -0.15) is 0 Å². The summed E-state index contributed by atoms with van der Waals surface area (Å²) in [5, 5.41) is 0. The fraction of sp³-hybridized carbons (Fsp3) is 1.00. The second-order valence-corrected chi connectivity index (χ2v) is 11.4. The van der Waals surface area contributed by atoms with Crippen molar-refractivity contribution in [1.82, 2.24) is 0 Å². The quantitative estimate of drug-likeness (QED) is 0.627. The van der Waals surface area contributed by atoms with Gasteiger partial charge in [0.1, 0.15) is 0 Å². The molecule has 0 aromatic carbocycles. The van der Waals surface area contributed by atoms with Gasteiger partial charge in [0, 0.05) is 13.0 Å². The third kappa shape index (κ3) is 3.79. The number of ether oxygens (including phenoxy) is 4. The fourth-order valence-corrected chi connectivity index (χ4v) is 7.75. The molecule has 0 radical (unpaired) electrons. The Balaban J connectivity index is 1.05. The molecule has 3 heterocycles. The molecule has 0 amide bonds. The molecule has 4 nitrogen and oxygen atoms in total. The van der Waals surface area contributed by atoms with E-state index in [1.165, 1.54) is 51.4 Å². The van der Waals surface area contributed by atoms with Crippen LogP contribution in [0.2, 0.25) is 0 Å². The Hall–Kier alpha value is -0.160. The number of hydrogen-bond donors (Lipinski definition) is 0. The molecule has 4 heteroatoms. The van der Waals surface area contributed by atoms with Crippen LogP contribution in [0.5, 0.6) is 0 Å². The highest BCUT2D eigenvalue weighted by Crippen LogP contribution is 2.53. The fourth-order valence-electron chi connectivity index (χ4n) is 7.75. The van der Waals surface area contributed by atoms with E-state index >= 15 is 0 Å². The van der Waals surface area contributed by atoms with Gasteiger partial charge in [0.05, 0.1) is 43.2 Å². The van der Waals surface area contributed by atoms with Crippen LogP contribution < -0.4 is 0 Å². The molecule has 0 N–H and O–H groups in total. The first-order valence-electron chi connectivity index (χ1n) is 12.2. The molecule has 3 saturated heterocycles. The molecule has 158 valence electrons. The van der Waals surface area contributed by atoms with Crippen LogP contribution in [0.15, 0.2) is 0 Å². The molecule has 9 atom stereocenters. The Kier molecular flexibility index (Phi) is 4.79. The van der Waals surface area contributed by atoms with E-state index in [4.69, 9.17) is 18.9 Å². The summed E-state index contributed by atoms with van der Waals surface area (Å²) in [5.41, 5.74) is 0.411. The van der Waals surface area contributed by atoms with E-state index in [0.717, 1.165) is 50.2 Å². The number of epoxide rings is 1. The summed E-state index contributed by atoms with van der Waals surface area (Å²) < 4.78 is 24.5. The topological polar surface area (TPSA) is 40.2 Å². The Morgan fingerprint density at radius 2 is 1.64 bits per heavy atom. The van der Waals surface area contributed by atoms with Crippen molar-refractivity contribution in [3.63, 3.8) is 0 Å². The summed E-state index contributed by atoms with van der Waals surface area (Å²) >= 11 is 0. The molecule has 7 fully saturated rings. The smallest absolute Gasteiger partial charge is 0.0866 e. The lowest BCUT2D eigenvalue weighted by Crippen LogP contribution is -2.50. The van der Waals surface area contributed by atoms with Crippen LogP contribution >= 0.6 is 0 Å². The molecule has 0 aromatic heterocycles. The van der Waals surface area contributed by atoms with Gasteiger partial charge >= 0.3 is 0 Å². The average Bonchev–Trinajstić information content (AvgIpc) is 3.42. The van der Waals surface area contributed by atoms with E-state index in [1.54, 1.807) is 0 Å². The van der Waals surface area contributed by atoms with Crippen molar-refractivity contribution >= 4 is 0 Å². The highest BCUT2D eigenvalue weighted by molar-refractivity contribution is 4.97. The van der Waals surface area contributed by atoms with Crippen molar-refractivity contribution in [1.29, 1.82) is 0 Å². The maximum absolute atomic E-state index is 6.57. The first-order chi connectivity index (χ1) is 13.6. The van der Waals surface area contributed by atoms with Gasteiger partial charge in [0.15, 0.2) is 0 Å². The van der Waals surface area contributed by atoms with E-state index < -0.39 is 0 Å². The van der Waals surface area contributed by atoms with Crippen LogP contribution in [0.25, 0.3) is 0 Å². The van der Waals surface area contributed by atoms with Crippen molar-refractivity contribution in [2.24, 2.45) is 23.2 Å². The van der Waals surface area contributed by atoms with Crippen molar-refractivity contribution in [2.45, 2.75) is 114 Å². The Bertz CT molecular complexity index is 561. The maximum Gasteiger partial charge on any atom is 0.0866 e. The van der Waals surface area contributed by atoms with Gasteiger partial charge in [0.2, 0.25) is 0 Å². The van der Waals surface area contributed by atoms with E-state index in [-0.39, 0.29) is 0 Å². The highest BCUT2D eigenvalue weighted by Gasteiger charge is 2.48. The van der Waals surface area contributed by atoms with Gasteiger partial charge in [-0.05, 0) is 87.4 Å². The monoisotopic (exact) mass is 390 g/mol. The summed E-state index contributed by atoms with van der Waals surface area (Å²) in [4.78, 5) is 0. The molecule has 28 heavy (non-hydrogen) atoms. The minimum absolute atomic E-state index is 0.411. The second kappa shape index (κ2) is 7.21. The molecule has 4 saturated carbocycles. The predicted molar refractivity (Wildman–Crippen MR) is 106 cm³/mol. The Morgan fingerprint density at radius 3 is 2.46 bits per heavy atom. The summed E-state index contributed by atoms with van der Waals surface area (Å²) in [6, 6.07) is 0. The minimum atomic E-state index is 0.411. The van der Waals surface area contributed by atoms with Gasteiger partial charge in [-0.15, -0.1) is 0 Å². The third-order valence-corrected chi connectivity index (χ3v) is 8.74. The molecular weight excluding hydrogens is 352 g/mol. The highest BCUT2D eigenvalue weighted by atomic mass is 16.6. The van der Waals surface area contributed by atoms with Crippen molar-refractivity contribution in [3.05, 3.63) is 0 Å². The molecule has 3 aliphatic heterocycles. The lowest BCUT2D eigenvalue weighted by molar-refractivity contribution is -0.206. The lowest BCUT2D eigenvalue weighted by atomic mass is 9.57. The van der Waals surface area contributed by atoms with Crippen LogP contribution in [-0.2, 0) is 18.9 Å². The molecule has 0 spiro atoms. The zero-order valence-corrected chi connectivity index (χ0v) is 17.5. The molecule has 9 unspecified atom stereocenters. The van der Waals surface area contributed by atoms with E-state index in [1.807, 2.05) is 0 Å². The van der Waals surface area contributed by atoms with Crippen LogP contribution in [0, 0.1) is 23.2 Å². The third-order valence-electron chi connectivity index (χ3n) is 8.74. The summed E-state index contributed by atoms with van der Waals surface area (Å²) in [5.74, 6) is 2.48. The van der Waals surface area contributed by atoms with Gasteiger partial charge in [-0.1, -0.05) is 6.92 Å². The molecule has 4 aliphatic carbocycles. The van der Waals surface area contributed by atoms with E-state index in [9.17, 15) is 0 Å². The largest absolute Gasteiger partial charge is 0.378 e. The standard InChI is InChI=1S/C24H38O4/c1-15-4-16-5-17(13-25-18-2-3-22-23(9-18)28-22)12-24(10-15,11-16)14-26-19-6-20-8-21(7-19)27-20/h15-23H,2-14H2,1H3. The molecule has 7 rings (SSSR count). The molecular formula is C24H38O4. The summed E-state index contributed by atoms with van der Waals surface area (Å²) in [6.45, 7) is 4.42. The normalized spacial score (nSPS) is 54.5. The van der Waals surface area contributed by atoms with Crippen LogP contribution in [0.4, 0.5) is 0 Å². The second-order valence-electron chi connectivity index (χ2n) is 11.4. The number of hydrogen-bond acceptors (Lipinski definition) is 4. The summed E-state index contributed by atoms with van der Waals surface area (Å²) in [6.07, 6.45) is 16.9. The number of rotatable bonds is 6. The van der Waals surface area contributed by atoms with Crippen LogP contribution in [0.3, 0.4) is 0 Å². The Labute approximate surface area is 170 Å². The van der Waals surface area contributed by atoms with Crippen molar-refractivity contribution in [2.75, 3.05) is 13.2 Å². The van der Waals surface area contributed by atoms with E-state index in [0.29, 0.717) is 42.0 Å². The van der Waals surface area contributed by atoms with Crippen LogP contribution in [-0.4, -0.2) is 49.8 Å². The van der Waals surface area contributed by atoms with Gasteiger partial charge in [0.25, 0.3) is 0 Å². The van der Waals surface area contributed by atoms with Crippen molar-refractivity contribution < 1.29 is 18.9 Å². The summed E-state index contributed by atoms with van der Waals surface area (Å²) in [7, 11) is 0. The predicted octanol–water partition coefficient (Wildman–Crippen LogP) is 4.49. The number of fused-ring (bicyclic) bond motifs is 5. The van der Waals surface area contributed by atoms with Gasteiger partial charge in [-0.25, -0.2) is 0 Å². The molecule has 0 aromatic rings. The first kappa shape index (κ1) is 18.6. The van der Waals surface area contributed by atoms with Crippen LogP contribution in [0.1, 0.15) is 77.6 Å².